The lowest BCUT2D eigenvalue weighted by Gasteiger charge is -2.33. The van der Waals surface area contributed by atoms with Crippen molar-refractivity contribution in [3.8, 4) is 0 Å². The summed E-state index contributed by atoms with van der Waals surface area (Å²) >= 11 is 0. The van der Waals surface area contributed by atoms with Crippen LogP contribution in [0, 0.1) is 0 Å². The highest BCUT2D eigenvalue weighted by Gasteiger charge is 2.25. The maximum absolute atomic E-state index is 3.68. The summed E-state index contributed by atoms with van der Waals surface area (Å²) in [5.74, 6) is 0. The van der Waals surface area contributed by atoms with Crippen LogP contribution >= 0.6 is 0 Å². The molecule has 0 saturated carbocycles. The molecule has 0 aromatic rings. The van der Waals surface area contributed by atoms with Crippen molar-refractivity contribution in [2.75, 3.05) is 39.3 Å². The molecule has 2 saturated heterocycles. The van der Waals surface area contributed by atoms with Gasteiger partial charge >= 0.3 is 0 Å². The first-order valence-electron chi connectivity index (χ1n) is 9.03. The summed E-state index contributed by atoms with van der Waals surface area (Å²) < 4.78 is 0. The third kappa shape index (κ3) is 5.01. The zero-order valence-electron chi connectivity index (χ0n) is 13.7. The van der Waals surface area contributed by atoms with Gasteiger partial charge in [-0.1, -0.05) is 13.8 Å². The van der Waals surface area contributed by atoms with Crippen molar-refractivity contribution < 1.29 is 0 Å². The minimum absolute atomic E-state index is 0.761. The summed E-state index contributed by atoms with van der Waals surface area (Å²) in [6.45, 7) is 12.4. The highest BCUT2D eigenvalue weighted by atomic mass is 15.2. The molecule has 2 fully saturated rings. The van der Waals surface area contributed by atoms with Gasteiger partial charge in [0.2, 0.25) is 0 Å². The number of hydrogen-bond donors (Lipinski definition) is 1. The Morgan fingerprint density at radius 1 is 1.05 bits per heavy atom. The van der Waals surface area contributed by atoms with Gasteiger partial charge in [-0.3, -0.25) is 4.90 Å². The van der Waals surface area contributed by atoms with Gasteiger partial charge in [-0.2, -0.15) is 0 Å². The molecular weight excluding hydrogens is 246 g/mol. The normalized spacial score (nSPS) is 28.9. The maximum Gasteiger partial charge on any atom is 0.0195 e. The second-order valence-corrected chi connectivity index (χ2v) is 6.71. The van der Waals surface area contributed by atoms with E-state index < -0.39 is 0 Å². The van der Waals surface area contributed by atoms with E-state index in [0.717, 1.165) is 12.1 Å². The van der Waals surface area contributed by atoms with Crippen molar-refractivity contribution in [3.63, 3.8) is 0 Å². The summed E-state index contributed by atoms with van der Waals surface area (Å²) in [5, 5.41) is 3.68. The molecule has 1 N–H and O–H groups in total. The molecule has 3 nitrogen and oxygen atoms in total. The van der Waals surface area contributed by atoms with Crippen molar-refractivity contribution in [2.45, 2.75) is 70.9 Å². The second-order valence-electron chi connectivity index (χ2n) is 6.71. The minimum atomic E-state index is 0.761. The monoisotopic (exact) mass is 281 g/mol. The van der Waals surface area contributed by atoms with E-state index in [4.69, 9.17) is 0 Å². The Labute approximate surface area is 126 Å². The van der Waals surface area contributed by atoms with Gasteiger partial charge in [0.05, 0.1) is 0 Å². The number of rotatable bonds is 7. The van der Waals surface area contributed by atoms with E-state index >= 15 is 0 Å². The summed E-state index contributed by atoms with van der Waals surface area (Å²) in [5.41, 5.74) is 0. The highest BCUT2D eigenvalue weighted by molar-refractivity contribution is 4.83. The predicted molar refractivity (Wildman–Crippen MR) is 87.3 cm³/mol. The first kappa shape index (κ1) is 16.3. The SMILES string of the molecule is CCCN1CCCC(N(CCC)CC2CCCN2)CC1. The molecule has 0 aromatic carbocycles. The van der Waals surface area contributed by atoms with Gasteiger partial charge in [-0.15, -0.1) is 0 Å². The molecule has 118 valence electrons. The Hall–Kier alpha value is -0.120. The maximum atomic E-state index is 3.68. The van der Waals surface area contributed by atoms with Crippen molar-refractivity contribution >= 4 is 0 Å². The van der Waals surface area contributed by atoms with Gasteiger partial charge in [-0.05, 0) is 77.7 Å². The van der Waals surface area contributed by atoms with Crippen molar-refractivity contribution in [1.82, 2.24) is 15.1 Å². The quantitative estimate of drug-likeness (QED) is 0.774. The fourth-order valence-electron chi connectivity index (χ4n) is 3.95. The second kappa shape index (κ2) is 9.01. The molecule has 2 atom stereocenters. The van der Waals surface area contributed by atoms with Gasteiger partial charge in [-0.25, -0.2) is 0 Å². The van der Waals surface area contributed by atoms with Gasteiger partial charge in [0.15, 0.2) is 0 Å². The average Bonchev–Trinajstić information content (AvgIpc) is 2.84. The van der Waals surface area contributed by atoms with E-state index in [-0.39, 0.29) is 0 Å². The van der Waals surface area contributed by atoms with Crippen molar-refractivity contribution in [3.05, 3.63) is 0 Å². The minimum Gasteiger partial charge on any atom is -0.313 e. The highest BCUT2D eigenvalue weighted by Crippen LogP contribution is 2.19. The van der Waals surface area contributed by atoms with Crippen LogP contribution in [0.4, 0.5) is 0 Å². The Morgan fingerprint density at radius 2 is 1.95 bits per heavy atom. The van der Waals surface area contributed by atoms with E-state index in [0.29, 0.717) is 0 Å². The van der Waals surface area contributed by atoms with Gasteiger partial charge < -0.3 is 10.2 Å². The number of hydrogen-bond acceptors (Lipinski definition) is 3. The first-order chi connectivity index (χ1) is 9.83. The van der Waals surface area contributed by atoms with E-state index in [1.165, 1.54) is 84.2 Å². The molecule has 2 heterocycles. The molecule has 3 heteroatoms. The van der Waals surface area contributed by atoms with E-state index in [1.54, 1.807) is 0 Å². The summed E-state index contributed by atoms with van der Waals surface area (Å²) in [6, 6.07) is 1.59. The third-order valence-corrected chi connectivity index (χ3v) is 4.97. The zero-order chi connectivity index (χ0) is 14.2. The van der Waals surface area contributed by atoms with Crippen LogP contribution in [0.5, 0.6) is 0 Å². The Balaban J connectivity index is 1.84. The topological polar surface area (TPSA) is 18.5 Å². The van der Waals surface area contributed by atoms with E-state index in [9.17, 15) is 0 Å². The molecule has 2 rings (SSSR count). The zero-order valence-corrected chi connectivity index (χ0v) is 13.7. The standard InChI is InChI=1S/C17H35N3/c1-3-11-19-13-6-8-17(9-14-19)20(12-4-2)15-16-7-5-10-18-16/h16-18H,3-15H2,1-2H3. The molecule has 0 spiro atoms. The van der Waals surface area contributed by atoms with Gasteiger partial charge in [0.1, 0.15) is 0 Å². The molecular formula is C17H35N3. The first-order valence-corrected chi connectivity index (χ1v) is 9.03. The number of nitrogens with zero attached hydrogens (tertiary/aromatic N) is 2. The van der Waals surface area contributed by atoms with E-state index in [2.05, 4.69) is 29.0 Å². The van der Waals surface area contributed by atoms with Crippen LogP contribution in [0.15, 0.2) is 0 Å². The van der Waals surface area contributed by atoms with Crippen molar-refractivity contribution in [1.29, 1.82) is 0 Å². The lowest BCUT2D eigenvalue weighted by Crippen LogP contribution is -2.44. The molecule has 0 aromatic heterocycles. The van der Waals surface area contributed by atoms with Crippen LogP contribution in [0.2, 0.25) is 0 Å². The molecule has 2 aliphatic rings. The Bertz CT molecular complexity index is 251. The Kier molecular flexibility index (Phi) is 7.32. The molecule has 0 radical (unpaired) electrons. The third-order valence-electron chi connectivity index (χ3n) is 4.97. The number of likely N-dealkylation sites (tertiary alicyclic amines) is 1. The Morgan fingerprint density at radius 3 is 2.65 bits per heavy atom. The lowest BCUT2D eigenvalue weighted by molar-refractivity contribution is 0.162. The van der Waals surface area contributed by atoms with Crippen LogP contribution in [0.3, 0.4) is 0 Å². The molecule has 2 aliphatic heterocycles. The molecule has 0 aliphatic carbocycles. The largest absolute Gasteiger partial charge is 0.313 e. The van der Waals surface area contributed by atoms with Gasteiger partial charge in [0, 0.05) is 18.6 Å². The van der Waals surface area contributed by atoms with Crippen LogP contribution in [0.25, 0.3) is 0 Å². The smallest absolute Gasteiger partial charge is 0.0195 e. The molecule has 0 bridgehead atoms. The predicted octanol–water partition coefficient (Wildman–Crippen LogP) is 2.71. The summed E-state index contributed by atoms with van der Waals surface area (Å²) in [7, 11) is 0. The molecule has 2 unspecified atom stereocenters. The van der Waals surface area contributed by atoms with Crippen LogP contribution in [-0.2, 0) is 0 Å². The fraction of sp³-hybridized carbons (Fsp3) is 1.00. The lowest BCUT2D eigenvalue weighted by atomic mass is 10.1. The van der Waals surface area contributed by atoms with Gasteiger partial charge in [0.25, 0.3) is 0 Å². The molecule has 20 heavy (non-hydrogen) atoms. The average molecular weight is 281 g/mol. The summed E-state index contributed by atoms with van der Waals surface area (Å²) in [6.07, 6.45) is 9.54. The van der Waals surface area contributed by atoms with E-state index in [1.807, 2.05) is 0 Å². The van der Waals surface area contributed by atoms with Crippen molar-refractivity contribution in [2.24, 2.45) is 0 Å². The summed E-state index contributed by atoms with van der Waals surface area (Å²) in [4.78, 5) is 5.48. The fourth-order valence-corrected chi connectivity index (χ4v) is 3.95. The molecule has 0 amide bonds. The number of nitrogens with one attached hydrogen (secondary N) is 1. The van der Waals surface area contributed by atoms with Crippen LogP contribution in [0.1, 0.15) is 58.8 Å². The van der Waals surface area contributed by atoms with Crippen LogP contribution < -0.4 is 5.32 Å². The van der Waals surface area contributed by atoms with Crippen LogP contribution in [-0.4, -0.2) is 61.2 Å².